The van der Waals surface area contributed by atoms with E-state index in [9.17, 15) is 10.1 Å². The maximum atomic E-state index is 11.1. The summed E-state index contributed by atoms with van der Waals surface area (Å²) in [6.07, 6.45) is 0. The Morgan fingerprint density at radius 2 is 1.95 bits per heavy atom. The second-order valence-electron chi connectivity index (χ2n) is 6.55. The van der Waals surface area contributed by atoms with Gasteiger partial charge >= 0.3 is 5.69 Å². The molecule has 0 aliphatic heterocycles. The van der Waals surface area contributed by atoms with E-state index >= 15 is 0 Å². The molecule has 0 unspecified atom stereocenters. The number of anilines is 1. The van der Waals surface area contributed by atoms with Crippen LogP contribution in [-0.4, -0.2) is 36.4 Å². The minimum atomic E-state index is -1.83. The summed E-state index contributed by atoms with van der Waals surface area (Å²) < 4.78 is 6.01. The van der Waals surface area contributed by atoms with E-state index in [1.807, 2.05) is 0 Å². The van der Waals surface area contributed by atoms with Gasteiger partial charge in [-0.3, -0.25) is 10.1 Å². The molecule has 1 heterocycles. The van der Waals surface area contributed by atoms with Gasteiger partial charge in [0.15, 0.2) is 8.32 Å². The van der Waals surface area contributed by atoms with E-state index in [-0.39, 0.29) is 21.7 Å². The smallest absolute Gasteiger partial charge is 0.348 e. The average Bonchev–Trinajstić information content (AvgIpc) is 2.31. The summed E-state index contributed by atoms with van der Waals surface area (Å²) in [5, 5.41) is 13.9. The quantitative estimate of drug-likeness (QED) is 0.277. The number of aromatic nitrogens is 2. The second kappa shape index (κ2) is 6.89. The van der Waals surface area contributed by atoms with Crippen molar-refractivity contribution < 1.29 is 9.35 Å². The maximum Gasteiger partial charge on any atom is 0.348 e. The van der Waals surface area contributed by atoms with Crippen LogP contribution in [0.5, 0.6) is 0 Å². The molecule has 0 saturated carbocycles. The van der Waals surface area contributed by atoms with Crippen LogP contribution in [0, 0.1) is 17.0 Å². The molecule has 1 aromatic rings. The molecule has 0 saturated heterocycles. The summed E-state index contributed by atoms with van der Waals surface area (Å²) >= 11 is 5.82. The molecule has 7 nitrogen and oxygen atoms in total. The van der Waals surface area contributed by atoms with Gasteiger partial charge in [0.05, 0.1) is 11.5 Å². The lowest BCUT2D eigenvalue weighted by Crippen LogP contribution is -2.41. The predicted molar refractivity (Wildman–Crippen MR) is 90.1 cm³/mol. The number of aryl methyl sites for hydroxylation is 1. The molecule has 0 aliphatic carbocycles. The van der Waals surface area contributed by atoms with Crippen molar-refractivity contribution in [2.24, 2.45) is 0 Å². The standard InChI is InChI=1S/C13H23ClN4O3Si/c1-9-16-11(14)10(18(19)20)12(17-9)15-7-8-21-22(5,6)13(2,3)4/h7-8H2,1-6H3,(H,15,16,17). The Kier molecular flexibility index (Phi) is 5.88. The average molecular weight is 347 g/mol. The molecule has 0 aliphatic rings. The highest BCUT2D eigenvalue weighted by Gasteiger charge is 2.36. The maximum absolute atomic E-state index is 11.1. The van der Waals surface area contributed by atoms with Crippen LogP contribution in [0.3, 0.4) is 0 Å². The van der Waals surface area contributed by atoms with Gasteiger partial charge in [-0.05, 0) is 25.1 Å². The molecule has 22 heavy (non-hydrogen) atoms. The van der Waals surface area contributed by atoms with Crippen LogP contribution in [0.2, 0.25) is 23.3 Å². The van der Waals surface area contributed by atoms with Gasteiger partial charge in [0, 0.05) is 6.54 Å². The third-order valence-electron chi connectivity index (χ3n) is 3.80. The Bertz CT molecular complexity index is 561. The molecule has 0 radical (unpaired) electrons. The van der Waals surface area contributed by atoms with Crippen molar-refractivity contribution in [3.63, 3.8) is 0 Å². The van der Waals surface area contributed by atoms with Gasteiger partial charge in [0.1, 0.15) is 5.82 Å². The molecule has 1 aromatic heterocycles. The lowest BCUT2D eigenvalue weighted by molar-refractivity contribution is -0.384. The van der Waals surface area contributed by atoms with Crippen LogP contribution in [0.4, 0.5) is 11.5 Å². The zero-order valence-electron chi connectivity index (χ0n) is 13.9. The van der Waals surface area contributed by atoms with Crippen LogP contribution >= 0.6 is 11.6 Å². The molecule has 0 fully saturated rings. The Labute approximate surface area is 136 Å². The predicted octanol–water partition coefficient (Wildman–Crippen LogP) is 3.78. The highest BCUT2D eigenvalue weighted by molar-refractivity contribution is 6.74. The number of nitrogens with one attached hydrogen (secondary N) is 1. The van der Waals surface area contributed by atoms with Crippen LogP contribution in [0.25, 0.3) is 0 Å². The van der Waals surface area contributed by atoms with Crippen molar-refractivity contribution in [1.82, 2.24) is 9.97 Å². The topological polar surface area (TPSA) is 90.2 Å². The molecule has 0 spiro atoms. The van der Waals surface area contributed by atoms with E-state index in [0.29, 0.717) is 19.0 Å². The van der Waals surface area contributed by atoms with Crippen molar-refractivity contribution in [2.75, 3.05) is 18.5 Å². The second-order valence-corrected chi connectivity index (χ2v) is 11.7. The Morgan fingerprint density at radius 3 is 2.45 bits per heavy atom. The van der Waals surface area contributed by atoms with E-state index in [1.165, 1.54) is 0 Å². The molecular formula is C13H23ClN4O3Si. The van der Waals surface area contributed by atoms with E-state index < -0.39 is 13.2 Å². The summed E-state index contributed by atoms with van der Waals surface area (Å²) in [5.41, 5.74) is -0.306. The first kappa shape index (κ1) is 18.8. The molecular weight excluding hydrogens is 324 g/mol. The minimum Gasteiger partial charge on any atom is -0.415 e. The van der Waals surface area contributed by atoms with Crippen molar-refractivity contribution >= 4 is 31.4 Å². The largest absolute Gasteiger partial charge is 0.415 e. The number of rotatable bonds is 6. The van der Waals surface area contributed by atoms with Crippen molar-refractivity contribution in [2.45, 2.75) is 45.8 Å². The van der Waals surface area contributed by atoms with E-state index in [0.717, 1.165) is 0 Å². The van der Waals surface area contributed by atoms with Crippen molar-refractivity contribution in [3.8, 4) is 0 Å². The first-order chi connectivity index (χ1) is 9.95. The molecule has 0 aromatic carbocycles. The van der Waals surface area contributed by atoms with Crippen molar-refractivity contribution in [3.05, 3.63) is 21.1 Å². The van der Waals surface area contributed by atoms with Crippen LogP contribution in [-0.2, 0) is 4.43 Å². The summed E-state index contributed by atoms with van der Waals surface area (Å²) in [6.45, 7) is 13.3. The monoisotopic (exact) mass is 346 g/mol. The SMILES string of the molecule is Cc1nc(Cl)c([N+](=O)[O-])c(NCCO[Si](C)(C)C(C)(C)C)n1. The molecule has 1 rings (SSSR count). The minimum absolute atomic E-state index is 0.119. The molecule has 124 valence electrons. The van der Waals surface area contributed by atoms with Gasteiger partial charge in [-0.15, -0.1) is 0 Å². The number of nitrogens with zero attached hydrogens (tertiary/aromatic N) is 3. The summed E-state index contributed by atoms with van der Waals surface area (Å²) in [7, 11) is -1.83. The fourth-order valence-electron chi connectivity index (χ4n) is 1.51. The van der Waals surface area contributed by atoms with Gasteiger partial charge < -0.3 is 9.74 Å². The number of hydrogen-bond acceptors (Lipinski definition) is 6. The Hall–Kier alpha value is -1.25. The van der Waals surface area contributed by atoms with Gasteiger partial charge in [-0.1, -0.05) is 32.4 Å². The molecule has 0 amide bonds. The highest BCUT2D eigenvalue weighted by Crippen LogP contribution is 2.36. The van der Waals surface area contributed by atoms with E-state index in [1.54, 1.807) is 6.92 Å². The zero-order chi connectivity index (χ0) is 17.1. The Balaban J connectivity index is 2.72. The van der Waals surface area contributed by atoms with E-state index in [2.05, 4.69) is 49.1 Å². The first-order valence-electron chi connectivity index (χ1n) is 7.02. The van der Waals surface area contributed by atoms with Crippen LogP contribution < -0.4 is 5.32 Å². The molecule has 0 bridgehead atoms. The van der Waals surface area contributed by atoms with Gasteiger partial charge in [-0.25, -0.2) is 9.97 Å². The van der Waals surface area contributed by atoms with Crippen LogP contribution in [0.1, 0.15) is 26.6 Å². The van der Waals surface area contributed by atoms with Gasteiger partial charge in [0.2, 0.25) is 11.0 Å². The normalized spacial score (nSPS) is 12.3. The first-order valence-corrected chi connectivity index (χ1v) is 10.3. The van der Waals surface area contributed by atoms with Gasteiger partial charge in [-0.2, -0.15) is 0 Å². The zero-order valence-corrected chi connectivity index (χ0v) is 15.6. The fraction of sp³-hybridized carbons (Fsp3) is 0.692. The summed E-state index contributed by atoms with van der Waals surface area (Å²) in [5.74, 6) is 0.504. The third-order valence-corrected chi connectivity index (χ3v) is 8.60. The third kappa shape index (κ3) is 4.62. The lowest BCUT2D eigenvalue weighted by Gasteiger charge is -2.36. The molecule has 1 N–H and O–H groups in total. The Morgan fingerprint density at radius 1 is 1.36 bits per heavy atom. The number of halogens is 1. The molecule has 0 atom stereocenters. The summed E-state index contributed by atoms with van der Waals surface area (Å²) in [6, 6.07) is 0. The lowest BCUT2D eigenvalue weighted by atomic mass is 10.2. The van der Waals surface area contributed by atoms with Gasteiger partial charge in [0.25, 0.3) is 0 Å². The molecule has 9 heteroatoms. The highest BCUT2D eigenvalue weighted by atomic mass is 35.5. The van der Waals surface area contributed by atoms with Crippen molar-refractivity contribution in [1.29, 1.82) is 0 Å². The number of nitro groups is 1. The number of hydrogen-bond donors (Lipinski definition) is 1. The fourth-order valence-corrected chi connectivity index (χ4v) is 2.84. The van der Waals surface area contributed by atoms with Crippen LogP contribution in [0.15, 0.2) is 0 Å². The van der Waals surface area contributed by atoms with E-state index in [4.69, 9.17) is 16.0 Å². The summed E-state index contributed by atoms with van der Waals surface area (Å²) in [4.78, 5) is 18.3.